The number of aromatic hydroxyl groups is 1. The predicted molar refractivity (Wildman–Crippen MR) is 73.2 cm³/mol. The summed E-state index contributed by atoms with van der Waals surface area (Å²) in [4.78, 5) is 13.7. The van der Waals surface area contributed by atoms with Crippen molar-refractivity contribution in [2.75, 3.05) is 18.4 Å². The van der Waals surface area contributed by atoms with Crippen LogP contribution in [-0.2, 0) is 11.3 Å². The smallest absolute Gasteiger partial charge is 0.410 e. The molecular formula is C14H20N2O3. The van der Waals surface area contributed by atoms with E-state index in [1.165, 1.54) is 0 Å². The van der Waals surface area contributed by atoms with Gasteiger partial charge in [-0.05, 0) is 44.5 Å². The lowest BCUT2D eigenvalue weighted by atomic mass is 10.1. The van der Waals surface area contributed by atoms with Crippen molar-refractivity contribution in [2.24, 2.45) is 0 Å². The zero-order chi connectivity index (χ0) is 14.0. The summed E-state index contributed by atoms with van der Waals surface area (Å²) in [6.45, 7) is 7.22. The number of benzene rings is 1. The first kappa shape index (κ1) is 13.5. The third-order valence-corrected chi connectivity index (χ3v) is 2.80. The minimum Gasteiger partial charge on any atom is -0.508 e. The van der Waals surface area contributed by atoms with Gasteiger partial charge in [0.25, 0.3) is 0 Å². The normalized spacial score (nSPS) is 15.2. The summed E-state index contributed by atoms with van der Waals surface area (Å²) in [5.41, 5.74) is 1.34. The van der Waals surface area contributed by atoms with E-state index in [1.54, 1.807) is 17.0 Å². The van der Waals surface area contributed by atoms with Gasteiger partial charge in [-0.15, -0.1) is 0 Å². The van der Waals surface area contributed by atoms with Gasteiger partial charge in [0.1, 0.15) is 11.4 Å². The summed E-state index contributed by atoms with van der Waals surface area (Å²) in [5, 5.41) is 12.8. The van der Waals surface area contributed by atoms with Gasteiger partial charge in [-0.1, -0.05) is 0 Å². The molecule has 5 nitrogen and oxygen atoms in total. The van der Waals surface area contributed by atoms with Gasteiger partial charge in [-0.3, -0.25) is 0 Å². The molecule has 0 unspecified atom stereocenters. The van der Waals surface area contributed by atoms with E-state index < -0.39 is 5.60 Å². The number of nitrogens with one attached hydrogen (secondary N) is 1. The number of hydrogen-bond donors (Lipinski definition) is 2. The van der Waals surface area contributed by atoms with Crippen LogP contribution < -0.4 is 5.32 Å². The van der Waals surface area contributed by atoms with Gasteiger partial charge >= 0.3 is 6.09 Å². The van der Waals surface area contributed by atoms with Crippen molar-refractivity contribution in [1.82, 2.24) is 4.90 Å². The maximum Gasteiger partial charge on any atom is 0.410 e. The van der Waals surface area contributed by atoms with Gasteiger partial charge in [-0.25, -0.2) is 4.79 Å². The van der Waals surface area contributed by atoms with Crippen LogP contribution in [0.4, 0.5) is 10.5 Å². The fourth-order valence-electron chi connectivity index (χ4n) is 1.98. The zero-order valence-electron chi connectivity index (χ0n) is 11.6. The van der Waals surface area contributed by atoms with Gasteiger partial charge in [0.2, 0.25) is 0 Å². The number of hydrogen-bond acceptors (Lipinski definition) is 4. The van der Waals surface area contributed by atoms with Gasteiger partial charge in [0.05, 0.1) is 6.54 Å². The molecule has 0 aromatic heterocycles. The van der Waals surface area contributed by atoms with E-state index in [0.717, 1.165) is 11.3 Å². The minimum absolute atomic E-state index is 0.201. The lowest BCUT2D eigenvalue weighted by Crippen LogP contribution is -2.37. The van der Waals surface area contributed by atoms with E-state index in [-0.39, 0.29) is 11.8 Å². The molecule has 0 saturated carbocycles. The third-order valence-electron chi connectivity index (χ3n) is 2.80. The predicted octanol–water partition coefficient (Wildman–Crippen LogP) is 2.55. The van der Waals surface area contributed by atoms with Gasteiger partial charge in [0.15, 0.2) is 0 Å². The molecule has 1 aliphatic heterocycles. The Morgan fingerprint density at radius 3 is 2.84 bits per heavy atom. The summed E-state index contributed by atoms with van der Waals surface area (Å²) < 4.78 is 5.37. The highest BCUT2D eigenvalue weighted by Gasteiger charge is 2.24. The number of rotatable bonds is 0. The summed E-state index contributed by atoms with van der Waals surface area (Å²) in [6.07, 6.45) is -0.328. The Balaban J connectivity index is 2.15. The van der Waals surface area contributed by atoms with Crippen molar-refractivity contribution in [3.05, 3.63) is 23.8 Å². The van der Waals surface area contributed by atoms with Crippen LogP contribution in [0.1, 0.15) is 26.3 Å². The summed E-state index contributed by atoms with van der Waals surface area (Å²) in [7, 11) is 0. The highest BCUT2D eigenvalue weighted by molar-refractivity contribution is 5.69. The van der Waals surface area contributed by atoms with Crippen molar-refractivity contribution >= 4 is 11.8 Å². The molecule has 5 heteroatoms. The average Bonchev–Trinajstić information content (AvgIpc) is 2.48. The molecule has 1 amide bonds. The molecule has 0 saturated heterocycles. The number of carbonyl (C=O) groups is 1. The van der Waals surface area contributed by atoms with Crippen molar-refractivity contribution in [3.63, 3.8) is 0 Å². The number of anilines is 1. The number of carbonyl (C=O) groups excluding carboxylic acids is 1. The Bertz CT molecular complexity index is 480. The van der Waals surface area contributed by atoms with Crippen molar-refractivity contribution in [2.45, 2.75) is 32.9 Å². The second-order valence-electron chi connectivity index (χ2n) is 5.67. The topological polar surface area (TPSA) is 61.8 Å². The lowest BCUT2D eigenvalue weighted by molar-refractivity contribution is 0.0245. The van der Waals surface area contributed by atoms with Crippen molar-refractivity contribution in [1.29, 1.82) is 0 Å². The van der Waals surface area contributed by atoms with Crippen LogP contribution in [-0.4, -0.2) is 34.8 Å². The minimum atomic E-state index is -0.502. The molecule has 0 atom stereocenters. The molecule has 2 N–H and O–H groups in total. The molecule has 0 spiro atoms. The molecule has 104 valence electrons. The molecule has 1 heterocycles. The summed E-state index contributed by atoms with van der Waals surface area (Å²) >= 11 is 0. The van der Waals surface area contributed by atoms with E-state index in [4.69, 9.17) is 4.74 Å². The molecule has 2 rings (SSSR count). The summed E-state index contributed by atoms with van der Waals surface area (Å²) in [5.74, 6) is 0.201. The average molecular weight is 264 g/mol. The number of ether oxygens (including phenoxy) is 1. The first-order chi connectivity index (χ1) is 8.85. The van der Waals surface area contributed by atoms with Crippen LogP contribution in [0, 0.1) is 0 Å². The number of phenols is 1. The van der Waals surface area contributed by atoms with Crippen LogP contribution in [0.3, 0.4) is 0 Å². The van der Waals surface area contributed by atoms with E-state index >= 15 is 0 Å². The largest absolute Gasteiger partial charge is 0.508 e. The molecular weight excluding hydrogens is 244 g/mol. The molecule has 0 aliphatic carbocycles. The van der Waals surface area contributed by atoms with Gasteiger partial charge in [0, 0.05) is 18.8 Å². The van der Waals surface area contributed by atoms with Crippen LogP contribution >= 0.6 is 0 Å². The van der Waals surface area contributed by atoms with Crippen LogP contribution in [0.15, 0.2) is 18.2 Å². The maximum atomic E-state index is 12.1. The highest BCUT2D eigenvalue weighted by Crippen LogP contribution is 2.25. The third kappa shape index (κ3) is 3.53. The number of amides is 1. The van der Waals surface area contributed by atoms with Crippen molar-refractivity contribution < 1.29 is 14.6 Å². The Morgan fingerprint density at radius 1 is 1.42 bits per heavy atom. The standard InChI is InChI=1S/C14H20N2O3/c1-14(2,3)19-13(18)16-7-6-15-12-5-4-11(17)8-10(12)9-16/h4-5,8,15,17H,6-7,9H2,1-3H3. The molecule has 1 aliphatic rings. The summed E-state index contributed by atoms with van der Waals surface area (Å²) in [6, 6.07) is 5.13. The Hall–Kier alpha value is -1.91. The molecule has 0 bridgehead atoms. The van der Waals surface area contributed by atoms with Crippen LogP contribution in [0.25, 0.3) is 0 Å². The maximum absolute atomic E-state index is 12.1. The molecule has 0 fully saturated rings. The molecule has 19 heavy (non-hydrogen) atoms. The zero-order valence-corrected chi connectivity index (χ0v) is 11.6. The fraction of sp³-hybridized carbons (Fsp3) is 0.500. The molecule has 1 aromatic carbocycles. The molecule has 0 radical (unpaired) electrons. The quantitative estimate of drug-likeness (QED) is 0.707. The van der Waals surface area contributed by atoms with E-state index in [9.17, 15) is 9.90 Å². The Morgan fingerprint density at radius 2 is 2.16 bits per heavy atom. The van der Waals surface area contributed by atoms with E-state index in [2.05, 4.69) is 5.32 Å². The monoisotopic (exact) mass is 264 g/mol. The Kier molecular flexibility index (Phi) is 3.55. The Labute approximate surface area is 113 Å². The van der Waals surface area contributed by atoms with E-state index in [0.29, 0.717) is 19.6 Å². The first-order valence-corrected chi connectivity index (χ1v) is 6.39. The second kappa shape index (κ2) is 4.99. The van der Waals surface area contributed by atoms with Crippen molar-refractivity contribution in [3.8, 4) is 5.75 Å². The van der Waals surface area contributed by atoms with Gasteiger partial charge in [-0.2, -0.15) is 0 Å². The van der Waals surface area contributed by atoms with E-state index in [1.807, 2.05) is 26.8 Å². The second-order valence-corrected chi connectivity index (χ2v) is 5.67. The van der Waals surface area contributed by atoms with Crippen LogP contribution in [0.5, 0.6) is 5.75 Å². The number of nitrogens with zero attached hydrogens (tertiary/aromatic N) is 1. The van der Waals surface area contributed by atoms with Gasteiger partial charge < -0.3 is 20.1 Å². The number of phenolic OH excluding ortho intramolecular Hbond substituents is 1. The molecule has 1 aromatic rings. The van der Waals surface area contributed by atoms with Crippen LogP contribution in [0.2, 0.25) is 0 Å². The first-order valence-electron chi connectivity index (χ1n) is 6.39. The lowest BCUT2D eigenvalue weighted by Gasteiger charge is -2.26. The highest BCUT2D eigenvalue weighted by atomic mass is 16.6. The SMILES string of the molecule is CC(C)(C)OC(=O)N1CCNc2ccc(O)cc2C1. The fourth-order valence-corrected chi connectivity index (χ4v) is 1.98. The number of fused-ring (bicyclic) bond motifs is 1.